The van der Waals surface area contributed by atoms with E-state index in [4.69, 9.17) is 9.15 Å². The maximum Gasteiger partial charge on any atom is 0.429 e. The second kappa shape index (κ2) is 4.95. The van der Waals surface area contributed by atoms with Crippen molar-refractivity contribution in [2.75, 3.05) is 13.1 Å². The maximum absolute atomic E-state index is 12.2. The minimum atomic E-state index is -0.579. The van der Waals surface area contributed by atoms with Gasteiger partial charge < -0.3 is 9.15 Å². The van der Waals surface area contributed by atoms with Crippen LogP contribution in [0.1, 0.15) is 37.6 Å². The highest BCUT2D eigenvalue weighted by molar-refractivity contribution is 5.94. The zero-order valence-corrected chi connectivity index (χ0v) is 11.4. The van der Waals surface area contributed by atoms with E-state index in [1.807, 2.05) is 0 Å². The van der Waals surface area contributed by atoms with Gasteiger partial charge in [-0.2, -0.15) is 0 Å². The van der Waals surface area contributed by atoms with E-state index >= 15 is 0 Å². The van der Waals surface area contributed by atoms with Crippen molar-refractivity contribution in [1.82, 2.24) is 10.0 Å². The predicted molar refractivity (Wildman–Crippen MR) is 67.3 cm³/mol. The SMILES string of the molecule is CC(C)(C)OC(=O)N1CCCN1C(=O)c1ccoc1. The van der Waals surface area contributed by atoms with Crippen LogP contribution in [0.3, 0.4) is 0 Å². The van der Waals surface area contributed by atoms with Crippen molar-refractivity contribution >= 4 is 12.0 Å². The van der Waals surface area contributed by atoms with Crippen LogP contribution in [0.25, 0.3) is 0 Å². The summed E-state index contributed by atoms with van der Waals surface area (Å²) in [6, 6.07) is 1.58. The Kier molecular flexibility index (Phi) is 3.50. The Labute approximate surface area is 111 Å². The fourth-order valence-electron chi connectivity index (χ4n) is 1.86. The van der Waals surface area contributed by atoms with Gasteiger partial charge in [0.05, 0.1) is 11.8 Å². The van der Waals surface area contributed by atoms with Crippen LogP contribution in [0, 0.1) is 0 Å². The average molecular weight is 266 g/mol. The molecule has 1 aliphatic rings. The van der Waals surface area contributed by atoms with Crippen molar-refractivity contribution in [3.05, 3.63) is 24.2 Å². The molecule has 2 amide bonds. The van der Waals surface area contributed by atoms with Gasteiger partial charge in [0.15, 0.2) is 0 Å². The fourth-order valence-corrected chi connectivity index (χ4v) is 1.86. The van der Waals surface area contributed by atoms with Gasteiger partial charge in [-0.15, -0.1) is 0 Å². The summed E-state index contributed by atoms with van der Waals surface area (Å²) in [6.07, 6.45) is 3.04. The standard InChI is InChI=1S/C13H18N2O4/c1-13(2,3)19-12(17)15-7-4-6-14(15)11(16)10-5-8-18-9-10/h5,8-9H,4,6-7H2,1-3H3. The summed E-state index contributed by atoms with van der Waals surface area (Å²) in [6.45, 7) is 6.37. The van der Waals surface area contributed by atoms with Crippen LogP contribution in [0.2, 0.25) is 0 Å². The van der Waals surface area contributed by atoms with Gasteiger partial charge in [-0.3, -0.25) is 4.79 Å². The smallest absolute Gasteiger partial charge is 0.429 e. The van der Waals surface area contributed by atoms with Gasteiger partial charge in [-0.05, 0) is 33.3 Å². The van der Waals surface area contributed by atoms with Gasteiger partial charge >= 0.3 is 6.09 Å². The molecule has 6 heteroatoms. The molecule has 0 radical (unpaired) electrons. The van der Waals surface area contributed by atoms with Gasteiger partial charge in [0.2, 0.25) is 0 Å². The minimum Gasteiger partial charge on any atom is -0.472 e. The van der Waals surface area contributed by atoms with Crippen molar-refractivity contribution < 1.29 is 18.7 Å². The zero-order valence-electron chi connectivity index (χ0n) is 11.4. The Hall–Kier alpha value is -1.98. The van der Waals surface area contributed by atoms with Crippen molar-refractivity contribution in [3.8, 4) is 0 Å². The molecule has 0 N–H and O–H groups in total. The number of carbonyl (C=O) groups excluding carboxylic acids is 2. The van der Waals surface area contributed by atoms with E-state index in [0.29, 0.717) is 18.7 Å². The lowest BCUT2D eigenvalue weighted by Crippen LogP contribution is -2.46. The number of ether oxygens (including phenoxy) is 1. The van der Waals surface area contributed by atoms with Crippen LogP contribution in [0.15, 0.2) is 23.0 Å². The van der Waals surface area contributed by atoms with Crippen molar-refractivity contribution in [3.63, 3.8) is 0 Å². The summed E-state index contributed by atoms with van der Waals surface area (Å²) < 4.78 is 10.2. The molecule has 1 aromatic rings. The van der Waals surface area contributed by atoms with E-state index in [-0.39, 0.29) is 5.91 Å². The predicted octanol–water partition coefficient (Wildman–Crippen LogP) is 2.28. The third-order valence-electron chi connectivity index (χ3n) is 2.64. The first-order valence-corrected chi connectivity index (χ1v) is 6.23. The first kappa shape index (κ1) is 13.5. The molecule has 2 rings (SSSR count). The second-order valence-electron chi connectivity index (χ2n) is 5.40. The molecule has 0 aliphatic carbocycles. The number of hydrogen-bond donors (Lipinski definition) is 0. The normalized spacial score (nSPS) is 15.7. The second-order valence-corrected chi connectivity index (χ2v) is 5.40. The summed E-state index contributed by atoms with van der Waals surface area (Å²) in [5.41, 5.74) is -0.153. The van der Waals surface area contributed by atoms with Crippen LogP contribution < -0.4 is 0 Å². The molecule has 0 aromatic carbocycles. The van der Waals surface area contributed by atoms with Crippen LogP contribution in [0.4, 0.5) is 4.79 Å². The Morgan fingerprint density at radius 2 is 1.95 bits per heavy atom. The van der Waals surface area contributed by atoms with Crippen molar-refractivity contribution in [2.24, 2.45) is 0 Å². The number of nitrogens with zero attached hydrogens (tertiary/aromatic N) is 2. The number of hydrazine groups is 1. The van der Waals surface area contributed by atoms with E-state index in [9.17, 15) is 9.59 Å². The molecule has 19 heavy (non-hydrogen) atoms. The monoisotopic (exact) mass is 266 g/mol. The summed E-state index contributed by atoms with van der Waals surface area (Å²) in [7, 11) is 0. The Morgan fingerprint density at radius 3 is 2.53 bits per heavy atom. The summed E-state index contributed by atoms with van der Waals surface area (Å²) in [4.78, 5) is 24.2. The zero-order chi connectivity index (χ0) is 14.0. The molecule has 2 heterocycles. The maximum atomic E-state index is 12.2. The molecule has 104 valence electrons. The van der Waals surface area contributed by atoms with Crippen molar-refractivity contribution in [1.29, 1.82) is 0 Å². The van der Waals surface area contributed by atoms with Crippen LogP contribution in [-0.2, 0) is 4.74 Å². The molecule has 0 spiro atoms. The highest BCUT2D eigenvalue weighted by Crippen LogP contribution is 2.19. The Bertz CT molecular complexity index is 461. The number of rotatable bonds is 1. The van der Waals surface area contributed by atoms with Gasteiger partial charge in [0.25, 0.3) is 5.91 Å². The Balaban J connectivity index is 2.09. The van der Waals surface area contributed by atoms with Gasteiger partial charge in [-0.25, -0.2) is 14.8 Å². The average Bonchev–Trinajstić information content (AvgIpc) is 2.97. The molecule has 0 unspecified atom stereocenters. The third kappa shape index (κ3) is 3.07. The quantitative estimate of drug-likeness (QED) is 0.782. The number of hydrogen-bond acceptors (Lipinski definition) is 4. The third-order valence-corrected chi connectivity index (χ3v) is 2.64. The molecule has 1 aliphatic heterocycles. The first-order valence-electron chi connectivity index (χ1n) is 6.23. The molecule has 0 bridgehead atoms. The Morgan fingerprint density at radius 1 is 1.26 bits per heavy atom. The highest BCUT2D eigenvalue weighted by atomic mass is 16.6. The summed E-state index contributed by atoms with van der Waals surface area (Å²) in [5, 5.41) is 2.75. The molecule has 0 atom stereocenters. The molecule has 1 saturated heterocycles. The van der Waals surface area contributed by atoms with Gasteiger partial charge in [0.1, 0.15) is 11.9 Å². The number of furan rings is 1. The number of carbonyl (C=O) groups is 2. The first-order chi connectivity index (χ1) is 8.88. The molecule has 6 nitrogen and oxygen atoms in total. The van der Waals surface area contributed by atoms with E-state index in [1.54, 1.807) is 26.8 Å². The van der Waals surface area contributed by atoms with E-state index in [0.717, 1.165) is 6.42 Å². The van der Waals surface area contributed by atoms with E-state index < -0.39 is 11.7 Å². The molecule has 1 fully saturated rings. The van der Waals surface area contributed by atoms with Crippen LogP contribution in [0.5, 0.6) is 0 Å². The lowest BCUT2D eigenvalue weighted by atomic mass is 10.2. The fraction of sp³-hybridized carbons (Fsp3) is 0.538. The molecular formula is C13H18N2O4. The van der Waals surface area contributed by atoms with Crippen molar-refractivity contribution in [2.45, 2.75) is 32.8 Å². The molecule has 1 aromatic heterocycles. The lowest BCUT2D eigenvalue weighted by molar-refractivity contribution is -0.0193. The molecular weight excluding hydrogens is 248 g/mol. The highest BCUT2D eigenvalue weighted by Gasteiger charge is 2.34. The number of amides is 2. The van der Waals surface area contributed by atoms with Gasteiger partial charge in [0, 0.05) is 13.1 Å². The summed E-state index contributed by atoms with van der Waals surface area (Å²) in [5.74, 6) is -0.253. The van der Waals surface area contributed by atoms with Gasteiger partial charge in [-0.1, -0.05) is 0 Å². The topological polar surface area (TPSA) is 63.0 Å². The van der Waals surface area contributed by atoms with E-state index in [1.165, 1.54) is 22.5 Å². The lowest BCUT2D eigenvalue weighted by Gasteiger charge is -2.30. The molecule has 0 saturated carbocycles. The van der Waals surface area contributed by atoms with E-state index in [2.05, 4.69) is 0 Å². The largest absolute Gasteiger partial charge is 0.472 e. The van der Waals surface area contributed by atoms with Crippen LogP contribution in [-0.4, -0.2) is 40.7 Å². The van der Waals surface area contributed by atoms with Crippen LogP contribution >= 0.6 is 0 Å². The summed E-state index contributed by atoms with van der Waals surface area (Å²) >= 11 is 0. The minimum absolute atomic E-state index is 0.253.